The van der Waals surface area contributed by atoms with Gasteiger partial charge in [0.05, 0.1) is 17.1 Å². The van der Waals surface area contributed by atoms with E-state index in [1.807, 2.05) is 13.8 Å². The summed E-state index contributed by atoms with van der Waals surface area (Å²) in [5.74, 6) is -0.283. The van der Waals surface area contributed by atoms with Crippen LogP contribution in [0.25, 0.3) is 11.0 Å². The van der Waals surface area contributed by atoms with Crippen molar-refractivity contribution in [3.63, 3.8) is 0 Å². The Morgan fingerprint density at radius 3 is 2.86 bits per heavy atom. The van der Waals surface area contributed by atoms with Crippen LogP contribution in [0.15, 0.2) is 10.9 Å². The largest absolute Gasteiger partial charge is 0.391 e. The molecule has 0 saturated heterocycles. The number of amides is 1. The lowest BCUT2D eigenvalue weighted by Gasteiger charge is -2.17. The predicted molar refractivity (Wildman–Crippen MR) is 83.9 cm³/mol. The molecule has 0 aliphatic heterocycles. The molecule has 0 aliphatic carbocycles. The lowest BCUT2D eigenvalue weighted by atomic mass is 10.0. The second kappa shape index (κ2) is 6.31. The Labute approximate surface area is 128 Å². The van der Waals surface area contributed by atoms with Crippen LogP contribution < -0.4 is 10.9 Å². The first-order chi connectivity index (χ1) is 10.3. The molecule has 0 aromatic carbocycles. The molecule has 22 heavy (non-hydrogen) atoms. The molecular formula is C15H22N4O3. The molecule has 2 heterocycles. The molecule has 2 unspecified atom stereocenters. The highest BCUT2D eigenvalue weighted by Crippen LogP contribution is 2.14. The van der Waals surface area contributed by atoms with E-state index in [0.717, 1.165) is 6.42 Å². The predicted octanol–water partition coefficient (Wildman–Crippen LogP) is 0.707. The van der Waals surface area contributed by atoms with E-state index in [9.17, 15) is 14.7 Å². The van der Waals surface area contributed by atoms with E-state index in [-0.39, 0.29) is 34.9 Å². The summed E-state index contributed by atoms with van der Waals surface area (Å²) in [5.41, 5.74) is 1.02. The summed E-state index contributed by atoms with van der Waals surface area (Å²) in [6, 6.07) is 1.59. The van der Waals surface area contributed by atoms with Gasteiger partial charge in [-0.05, 0) is 18.9 Å². The van der Waals surface area contributed by atoms with Crippen molar-refractivity contribution >= 4 is 16.9 Å². The van der Waals surface area contributed by atoms with Crippen LogP contribution in [-0.2, 0) is 7.05 Å². The van der Waals surface area contributed by atoms with E-state index < -0.39 is 6.10 Å². The Morgan fingerprint density at radius 1 is 1.55 bits per heavy atom. The minimum absolute atomic E-state index is 0.0969. The number of rotatable bonds is 5. The second-order valence-corrected chi connectivity index (χ2v) is 5.67. The van der Waals surface area contributed by atoms with Crippen LogP contribution in [0.4, 0.5) is 0 Å². The summed E-state index contributed by atoms with van der Waals surface area (Å²) in [5, 5.41) is 15.5. The number of fused-ring (bicyclic) bond motifs is 1. The summed E-state index contributed by atoms with van der Waals surface area (Å²) in [7, 11) is 1.67. The standard InChI is InChI=1S/C15H22N4O3/c1-5-8(2)11(20)7-16-14(21)10-6-9(3)17-13-12(10)15(22)18-19(13)4/h6,8,11,20H,5,7H2,1-4H3,(H,16,21)(H,18,22). The van der Waals surface area contributed by atoms with Crippen LogP contribution in [0.2, 0.25) is 0 Å². The van der Waals surface area contributed by atoms with Gasteiger partial charge in [0.2, 0.25) is 0 Å². The molecule has 2 rings (SSSR count). The van der Waals surface area contributed by atoms with Crippen molar-refractivity contribution in [3.8, 4) is 0 Å². The van der Waals surface area contributed by atoms with E-state index in [1.54, 1.807) is 20.0 Å². The molecule has 120 valence electrons. The number of pyridine rings is 1. The molecule has 0 saturated carbocycles. The Bertz CT molecular complexity index is 747. The normalized spacial score (nSPS) is 14.0. The van der Waals surface area contributed by atoms with Crippen molar-refractivity contribution in [3.05, 3.63) is 27.7 Å². The van der Waals surface area contributed by atoms with Gasteiger partial charge >= 0.3 is 0 Å². The average molecular weight is 306 g/mol. The van der Waals surface area contributed by atoms with Gasteiger partial charge < -0.3 is 10.4 Å². The molecule has 0 fully saturated rings. The number of aromatic nitrogens is 3. The van der Waals surface area contributed by atoms with E-state index >= 15 is 0 Å². The molecular weight excluding hydrogens is 284 g/mol. The number of nitrogens with one attached hydrogen (secondary N) is 2. The van der Waals surface area contributed by atoms with E-state index in [2.05, 4.69) is 15.4 Å². The monoisotopic (exact) mass is 306 g/mol. The van der Waals surface area contributed by atoms with Crippen molar-refractivity contribution < 1.29 is 9.90 Å². The number of H-pyrrole nitrogens is 1. The number of aryl methyl sites for hydroxylation is 2. The second-order valence-electron chi connectivity index (χ2n) is 5.67. The zero-order chi connectivity index (χ0) is 16.4. The van der Waals surface area contributed by atoms with Crippen LogP contribution in [0, 0.1) is 12.8 Å². The summed E-state index contributed by atoms with van der Waals surface area (Å²) in [6.07, 6.45) is 0.218. The Morgan fingerprint density at radius 2 is 2.23 bits per heavy atom. The zero-order valence-electron chi connectivity index (χ0n) is 13.3. The molecule has 1 amide bonds. The first kappa shape index (κ1) is 16.2. The Balaban J connectivity index is 2.30. The smallest absolute Gasteiger partial charge is 0.274 e. The van der Waals surface area contributed by atoms with Crippen LogP contribution in [0.5, 0.6) is 0 Å². The highest BCUT2D eigenvalue weighted by molar-refractivity contribution is 6.05. The molecule has 2 atom stereocenters. The average Bonchev–Trinajstić information content (AvgIpc) is 2.77. The number of hydrogen-bond acceptors (Lipinski definition) is 4. The maximum Gasteiger partial charge on any atom is 0.274 e. The number of aliphatic hydroxyl groups excluding tert-OH is 1. The maximum atomic E-state index is 12.4. The summed E-state index contributed by atoms with van der Waals surface area (Å²) >= 11 is 0. The van der Waals surface area contributed by atoms with Crippen molar-refractivity contribution in [2.75, 3.05) is 6.54 Å². The fourth-order valence-electron chi connectivity index (χ4n) is 2.33. The van der Waals surface area contributed by atoms with Gasteiger partial charge in [0, 0.05) is 19.3 Å². The minimum atomic E-state index is -0.610. The minimum Gasteiger partial charge on any atom is -0.391 e. The molecule has 7 heteroatoms. The third-order valence-corrected chi connectivity index (χ3v) is 3.96. The number of aliphatic hydroxyl groups is 1. The van der Waals surface area contributed by atoms with Crippen molar-refractivity contribution in [2.24, 2.45) is 13.0 Å². The van der Waals surface area contributed by atoms with Crippen LogP contribution in [-0.4, -0.2) is 38.4 Å². The van der Waals surface area contributed by atoms with Crippen molar-refractivity contribution in [1.82, 2.24) is 20.1 Å². The van der Waals surface area contributed by atoms with Crippen LogP contribution in [0.3, 0.4) is 0 Å². The molecule has 0 bridgehead atoms. The van der Waals surface area contributed by atoms with Crippen LogP contribution >= 0.6 is 0 Å². The summed E-state index contributed by atoms with van der Waals surface area (Å²) < 4.78 is 1.50. The SMILES string of the molecule is CCC(C)C(O)CNC(=O)c1cc(C)nc2c1c(=O)[nH]n2C. The third kappa shape index (κ3) is 3.04. The first-order valence-corrected chi connectivity index (χ1v) is 7.37. The van der Waals surface area contributed by atoms with Gasteiger partial charge in [-0.1, -0.05) is 20.3 Å². The summed E-state index contributed by atoms with van der Waals surface area (Å²) in [4.78, 5) is 28.6. The number of carbonyl (C=O) groups is 1. The zero-order valence-corrected chi connectivity index (χ0v) is 13.3. The lowest BCUT2D eigenvalue weighted by molar-refractivity contribution is 0.0851. The molecule has 3 N–H and O–H groups in total. The molecule has 0 radical (unpaired) electrons. The molecule has 0 aliphatic rings. The topological polar surface area (TPSA) is 100 Å². The highest BCUT2D eigenvalue weighted by Gasteiger charge is 2.19. The van der Waals surface area contributed by atoms with Gasteiger partial charge in [-0.15, -0.1) is 0 Å². The fourth-order valence-corrected chi connectivity index (χ4v) is 2.33. The molecule has 2 aromatic heterocycles. The van der Waals surface area contributed by atoms with Gasteiger partial charge in [-0.2, -0.15) is 0 Å². The molecule has 0 spiro atoms. The van der Waals surface area contributed by atoms with Gasteiger partial charge in [0.1, 0.15) is 0 Å². The number of nitrogens with zero attached hydrogens (tertiary/aromatic N) is 2. The van der Waals surface area contributed by atoms with E-state index in [1.165, 1.54) is 4.68 Å². The fraction of sp³-hybridized carbons (Fsp3) is 0.533. The number of aromatic amines is 1. The number of hydrogen-bond donors (Lipinski definition) is 3. The Kier molecular flexibility index (Phi) is 4.65. The van der Waals surface area contributed by atoms with Gasteiger partial charge in [-0.25, -0.2) is 4.98 Å². The summed E-state index contributed by atoms with van der Waals surface area (Å²) in [6.45, 7) is 5.83. The molecule has 7 nitrogen and oxygen atoms in total. The maximum absolute atomic E-state index is 12.4. The quantitative estimate of drug-likeness (QED) is 0.757. The first-order valence-electron chi connectivity index (χ1n) is 7.37. The Hall–Kier alpha value is -2.15. The van der Waals surface area contributed by atoms with Gasteiger partial charge in [0.15, 0.2) is 5.65 Å². The third-order valence-electron chi connectivity index (χ3n) is 3.96. The number of carbonyl (C=O) groups excluding carboxylic acids is 1. The molecule has 2 aromatic rings. The van der Waals surface area contributed by atoms with E-state index in [4.69, 9.17) is 0 Å². The van der Waals surface area contributed by atoms with Crippen molar-refractivity contribution in [2.45, 2.75) is 33.3 Å². The van der Waals surface area contributed by atoms with Gasteiger partial charge in [0.25, 0.3) is 11.5 Å². The van der Waals surface area contributed by atoms with Gasteiger partial charge in [-0.3, -0.25) is 19.4 Å². The van der Waals surface area contributed by atoms with E-state index in [0.29, 0.717) is 11.3 Å². The highest BCUT2D eigenvalue weighted by atomic mass is 16.3. The lowest BCUT2D eigenvalue weighted by Crippen LogP contribution is -2.35. The van der Waals surface area contributed by atoms with Crippen LogP contribution in [0.1, 0.15) is 36.3 Å². The van der Waals surface area contributed by atoms with Crippen molar-refractivity contribution in [1.29, 1.82) is 0 Å².